The molecule has 1 saturated heterocycles. The number of carbonyl (C=O) groups excluding carboxylic acids is 1. The lowest BCUT2D eigenvalue weighted by atomic mass is 9.73. The van der Waals surface area contributed by atoms with Crippen LogP contribution in [0.2, 0.25) is 5.02 Å². The topological polar surface area (TPSA) is 47.6 Å². The van der Waals surface area contributed by atoms with Crippen molar-refractivity contribution in [1.29, 1.82) is 0 Å². The van der Waals surface area contributed by atoms with E-state index in [2.05, 4.69) is 5.32 Å². The molecule has 0 bridgehead atoms. The summed E-state index contributed by atoms with van der Waals surface area (Å²) in [7, 11) is -0.553. The van der Waals surface area contributed by atoms with Crippen LogP contribution < -0.4 is 10.8 Å². The van der Waals surface area contributed by atoms with Crippen molar-refractivity contribution < 1.29 is 14.1 Å². The number of nitrogens with one attached hydrogen (secondary N) is 1. The fourth-order valence-corrected chi connectivity index (χ4v) is 2.79. The first-order valence-electron chi connectivity index (χ1n) is 7.92. The fourth-order valence-electron chi connectivity index (χ4n) is 2.61. The molecule has 23 heavy (non-hydrogen) atoms. The monoisotopic (exact) mass is 337 g/mol. The second-order valence-electron chi connectivity index (χ2n) is 7.80. The lowest BCUT2D eigenvalue weighted by Gasteiger charge is -2.38. The van der Waals surface area contributed by atoms with Gasteiger partial charge in [-0.3, -0.25) is 4.79 Å². The van der Waals surface area contributed by atoms with E-state index in [1.165, 1.54) is 0 Å². The Labute approximate surface area is 144 Å². The molecule has 1 N–H and O–H groups in total. The predicted octanol–water partition coefficient (Wildman–Crippen LogP) is 3.62. The molecule has 1 aromatic rings. The van der Waals surface area contributed by atoms with Crippen LogP contribution in [0.4, 0.5) is 5.69 Å². The SMILES string of the molecule is CC1CC(C)(C)OB(c2cc(Cl)ccc2NC(=O)C(C)(C)C)O1. The normalized spacial score (nSPS) is 21.2. The quantitative estimate of drug-likeness (QED) is 0.838. The number of hydrogen-bond acceptors (Lipinski definition) is 3. The van der Waals surface area contributed by atoms with Gasteiger partial charge in [0.1, 0.15) is 0 Å². The van der Waals surface area contributed by atoms with E-state index in [4.69, 9.17) is 20.9 Å². The largest absolute Gasteiger partial charge is 0.496 e. The summed E-state index contributed by atoms with van der Waals surface area (Å²) < 4.78 is 12.0. The van der Waals surface area contributed by atoms with E-state index in [9.17, 15) is 4.79 Å². The maximum Gasteiger partial charge on any atom is 0.496 e. The first-order valence-corrected chi connectivity index (χ1v) is 8.30. The lowest BCUT2D eigenvalue weighted by Crippen LogP contribution is -2.52. The Morgan fingerprint density at radius 3 is 2.61 bits per heavy atom. The van der Waals surface area contributed by atoms with Gasteiger partial charge >= 0.3 is 7.12 Å². The van der Waals surface area contributed by atoms with Gasteiger partial charge in [0.25, 0.3) is 0 Å². The summed E-state index contributed by atoms with van der Waals surface area (Å²) in [6.45, 7) is 11.7. The summed E-state index contributed by atoms with van der Waals surface area (Å²) in [5, 5.41) is 3.54. The minimum Gasteiger partial charge on any atom is -0.405 e. The first kappa shape index (κ1) is 18.3. The van der Waals surface area contributed by atoms with E-state index in [-0.39, 0.29) is 17.6 Å². The molecule has 1 unspecified atom stereocenters. The number of amides is 1. The van der Waals surface area contributed by atoms with E-state index in [0.717, 1.165) is 11.9 Å². The minimum absolute atomic E-state index is 0.0638. The average Bonchev–Trinajstić information content (AvgIpc) is 2.37. The third-order valence-electron chi connectivity index (χ3n) is 3.76. The second kappa shape index (κ2) is 6.46. The van der Waals surface area contributed by atoms with Gasteiger partial charge in [-0.25, -0.2) is 0 Å². The highest BCUT2D eigenvalue weighted by Gasteiger charge is 2.39. The molecule has 0 spiro atoms. The molecule has 1 heterocycles. The Morgan fingerprint density at radius 1 is 1.39 bits per heavy atom. The van der Waals surface area contributed by atoms with Crippen LogP contribution in [-0.4, -0.2) is 24.7 Å². The highest BCUT2D eigenvalue weighted by Crippen LogP contribution is 2.27. The zero-order valence-corrected chi connectivity index (χ0v) is 15.5. The molecule has 1 aromatic carbocycles. The average molecular weight is 338 g/mol. The maximum atomic E-state index is 12.3. The molecular weight excluding hydrogens is 312 g/mol. The van der Waals surface area contributed by atoms with Gasteiger partial charge in [0.05, 0.1) is 5.60 Å². The highest BCUT2D eigenvalue weighted by atomic mass is 35.5. The van der Waals surface area contributed by atoms with Crippen molar-refractivity contribution in [2.45, 2.75) is 59.7 Å². The molecule has 1 amide bonds. The highest BCUT2D eigenvalue weighted by molar-refractivity contribution is 6.64. The predicted molar refractivity (Wildman–Crippen MR) is 95.3 cm³/mol. The van der Waals surface area contributed by atoms with E-state index in [1.54, 1.807) is 18.2 Å². The van der Waals surface area contributed by atoms with E-state index < -0.39 is 12.5 Å². The van der Waals surface area contributed by atoms with Gasteiger partial charge in [0, 0.05) is 27.7 Å². The van der Waals surface area contributed by atoms with Crippen LogP contribution in [0.3, 0.4) is 0 Å². The van der Waals surface area contributed by atoms with Gasteiger partial charge in [-0.1, -0.05) is 32.4 Å². The summed E-state index contributed by atoms with van der Waals surface area (Å²) >= 11 is 6.15. The summed E-state index contributed by atoms with van der Waals surface area (Å²) in [5.74, 6) is -0.0656. The number of benzene rings is 1. The molecule has 1 fully saturated rings. The number of anilines is 1. The standard InChI is InChI=1S/C17H25BClNO3/c1-11-10-17(5,6)23-18(22-11)13-9-12(19)7-8-14(13)20-15(21)16(2,3)4/h7-9,11H,10H2,1-6H3,(H,20,21). The molecule has 6 heteroatoms. The van der Waals surface area contributed by atoms with Crippen molar-refractivity contribution in [1.82, 2.24) is 0 Å². The zero-order chi connectivity index (χ0) is 17.4. The van der Waals surface area contributed by atoms with Gasteiger partial charge in [0.15, 0.2) is 0 Å². The van der Waals surface area contributed by atoms with Crippen molar-refractivity contribution in [3.8, 4) is 0 Å². The molecule has 0 saturated carbocycles. The van der Waals surface area contributed by atoms with E-state index in [1.807, 2.05) is 41.5 Å². The van der Waals surface area contributed by atoms with Crippen LogP contribution in [0.1, 0.15) is 48.0 Å². The number of halogens is 1. The maximum absolute atomic E-state index is 12.3. The molecule has 0 aliphatic carbocycles. The number of carbonyl (C=O) groups is 1. The van der Waals surface area contributed by atoms with Gasteiger partial charge in [-0.05, 0) is 45.4 Å². The molecular formula is C17H25BClNO3. The second-order valence-corrected chi connectivity index (χ2v) is 8.23. The van der Waals surface area contributed by atoms with Gasteiger partial charge in [0.2, 0.25) is 5.91 Å². The van der Waals surface area contributed by atoms with Crippen LogP contribution >= 0.6 is 11.6 Å². The van der Waals surface area contributed by atoms with Crippen molar-refractivity contribution in [3.05, 3.63) is 23.2 Å². The number of rotatable bonds is 2. The van der Waals surface area contributed by atoms with Gasteiger partial charge < -0.3 is 14.6 Å². The minimum atomic E-state index is -0.553. The Morgan fingerprint density at radius 2 is 2.04 bits per heavy atom. The third kappa shape index (κ3) is 4.72. The van der Waals surface area contributed by atoms with Crippen molar-refractivity contribution >= 4 is 35.8 Å². The van der Waals surface area contributed by atoms with Gasteiger partial charge in [-0.15, -0.1) is 0 Å². The third-order valence-corrected chi connectivity index (χ3v) is 3.99. The summed E-state index contributed by atoms with van der Waals surface area (Å²) in [6.07, 6.45) is 0.877. The molecule has 0 radical (unpaired) electrons. The van der Waals surface area contributed by atoms with Crippen LogP contribution in [0, 0.1) is 5.41 Å². The molecule has 1 atom stereocenters. The Bertz CT molecular complexity index is 598. The fraction of sp³-hybridized carbons (Fsp3) is 0.588. The summed E-state index contributed by atoms with van der Waals surface area (Å²) in [6, 6.07) is 5.33. The Balaban J connectivity index is 2.34. The zero-order valence-electron chi connectivity index (χ0n) is 14.7. The first-order chi connectivity index (χ1) is 10.5. The van der Waals surface area contributed by atoms with E-state index >= 15 is 0 Å². The van der Waals surface area contributed by atoms with Crippen molar-refractivity contribution in [2.24, 2.45) is 5.41 Å². The van der Waals surface area contributed by atoms with Crippen LogP contribution in [-0.2, 0) is 14.1 Å². The molecule has 2 rings (SSSR count). The summed E-state index contributed by atoms with van der Waals surface area (Å²) in [5.41, 5.74) is 0.632. The van der Waals surface area contributed by atoms with Crippen LogP contribution in [0.15, 0.2) is 18.2 Å². The van der Waals surface area contributed by atoms with E-state index in [0.29, 0.717) is 10.7 Å². The van der Waals surface area contributed by atoms with Crippen LogP contribution in [0.5, 0.6) is 0 Å². The van der Waals surface area contributed by atoms with Crippen LogP contribution in [0.25, 0.3) is 0 Å². The van der Waals surface area contributed by atoms with Crippen molar-refractivity contribution in [3.63, 3.8) is 0 Å². The van der Waals surface area contributed by atoms with Crippen molar-refractivity contribution in [2.75, 3.05) is 5.32 Å². The van der Waals surface area contributed by atoms with Gasteiger partial charge in [-0.2, -0.15) is 0 Å². The smallest absolute Gasteiger partial charge is 0.405 e. The summed E-state index contributed by atoms with van der Waals surface area (Å²) in [4.78, 5) is 12.3. The molecule has 1 aliphatic heterocycles. The molecule has 0 aromatic heterocycles. The molecule has 4 nitrogen and oxygen atoms in total. The Hall–Kier alpha value is -1.04. The Kier molecular flexibility index (Phi) is 5.14. The number of hydrogen-bond donors (Lipinski definition) is 1. The molecule has 126 valence electrons. The lowest BCUT2D eigenvalue weighted by molar-refractivity contribution is -0.123. The molecule has 1 aliphatic rings.